The number of hydrogen-bond acceptors (Lipinski definition) is 5. The number of aliphatic imine (C=N–C) groups is 1. The smallest absolute Gasteiger partial charge is 0.228 e. The summed E-state index contributed by atoms with van der Waals surface area (Å²) in [6.07, 6.45) is 0.580. The Morgan fingerprint density at radius 2 is 1.92 bits per heavy atom. The first kappa shape index (κ1) is 19.4. The normalized spacial score (nSPS) is 15.2. The topological polar surface area (TPSA) is 83.8 Å². The maximum absolute atomic E-state index is 13.0. The van der Waals surface area contributed by atoms with Crippen molar-refractivity contribution in [3.63, 3.8) is 0 Å². The molecule has 0 atom stereocenters. The molecule has 0 saturated carbocycles. The third-order valence-electron chi connectivity index (χ3n) is 3.96. The van der Waals surface area contributed by atoms with Crippen molar-refractivity contribution in [1.82, 2.24) is 15.0 Å². The molecule has 25 heavy (non-hydrogen) atoms. The van der Waals surface area contributed by atoms with Gasteiger partial charge < -0.3 is 20.1 Å². The zero-order valence-corrected chi connectivity index (χ0v) is 16.4. The summed E-state index contributed by atoms with van der Waals surface area (Å²) in [6, 6.07) is 6.57. The molecule has 0 aliphatic carbocycles. The van der Waals surface area contributed by atoms with Gasteiger partial charge in [-0.05, 0) is 31.2 Å². The van der Waals surface area contributed by atoms with Crippen molar-refractivity contribution in [3.05, 3.63) is 41.8 Å². The Kier molecular flexibility index (Phi) is 6.97. The lowest BCUT2D eigenvalue weighted by molar-refractivity contribution is 0.372. The Balaban J connectivity index is 0.00000225. The first-order valence-corrected chi connectivity index (χ1v) is 7.96. The van der Waals surface area contributed by atoms with Gasteiger partial charge in [-0.25, -0.2) is 4.39 Å². The highest BCUT2D eigenvalue weighted by atomic mass is 127. The minimum Gasteiger partial charge on any atom is -0.370 e. The van der Waals surface area contributed by atoms with Gasteiger partial charge in [0.1, 0.15) is 5.82 Å². The van der Waals surface area contributed by atoms with Crippen LogP contribution in [0.15, 0.2) is 33.8 Å². The molecule has 1 aliphatic rings. The summed E-state index contributed by atoms with van der Waals surface area (Å²) in [4.78, 5) is 12.8. The number of nitrogens with two attached hydrogens (primary N) is 1. The second-order valence-electron chi connectivity index (χ2n) is 5.68. The van der Waals surface area contributed by atoms with E-state index in [9.17, 15) is 4.39 Å². The van der Waals surface area contributed by atoms with Gasteiger partial charge in [-0.1, -0.05) is 5.16 Å². The molecule has 2 aromatic rings. The van der Waals surface area contributed by atoms with Crippen LogP contribution in [0, 0.1) is 12.7 Å². The number of aromatic nitrogens is 2. The van der Waals surface area contributed by atoms with Gasteiger partial charge >= 0.3 is 0 Å². The summed E-state index contributed by atoms with van der Waals surface area (Å²) >= 11 is 0. The van der Waals surface area contributed by atoms with Crippen LogP contribution in [0.4, 0.5) is 10.1 Å². The van der Waals surface area contributed by atoms with E-state index in [1.165, 1.54) is 12.1 Å². The summed E-state index contributed by atoms with van der Waals surface area (Å²) in [5.41, 5.74) is 7.09. The van der Waals surface area contributed by atoms with Gasteiger partial charge in [-0.2, -0.15) is 4.98 Å². The molecule has 0 spiro atoms. The molecule has 136 valence electrons. The summed E-state index contributed by atoms with van der Waals surface area (Å²) in [6.45, 7) is 5.52. The van der Waals surface area contributed by atoms with Crippen LogP contribution in [0.5, 0.6) is 0 Å². The maximum Gasteiger partial charge on any atom is 0.228 e. The molecular weight excluding hydrogens is 438 g/mol. The van der Waals surface area contributed by atoms with E-state index in [0.29, 0.717) is 30.6 Å². The first-order valence-electron chi connectivity index (χ1n) is 7.96. The molecule has 1 saturated heterocycles. The number of guanidine groups is 1. The third-order valence-corrected chi connectivity index (χ3v) is 3.96. The zero-order valence-electron chi connectivity index (χ0n) is 14.1. The van der Waals surface area contributed by atoms with Crippen molar-refractivity contribution in [2.45, 2.75) is 13.3 Å². The lowest BCUT2D eigenvalue weighted by Crippen LogP contribution is -2.51. The van der Waals surface area contributed by atoms with E-state index in [1.807, 2.05) is 0 Å². The quantitative estimate of drug-likeness (QED) is 0.426. The second kappa shape index (κ2) is 8.97. The van der Waals surface area contributed by atoms with E-state index in [1.54, 1.807) is 19.1 Å². The Morgan fingerprint density at radius 3 is 2.52 bits per heavy atom. The van der Waals surface area contributed by atoms with Crippen molar-refractivity contribution >= 4 is 35.6 Å². The molecule has 7 nitrogen and oxygen atoms in total. The highest BCUT2D eigenvalue weighted by molar-refractivity contribution is 14.0. The van der Waals surface area contributed by atoms with Crippen molar-refractivity contribution < 1.29 is 8.91 Å². The fourth-order valence-electron chi connectivity index (χ4n) is 2.65. The molecule has 1 aliphatic heterocycles. The third kappa shape index (κ3) is 5.28. The molecule has 2 heterocycles. The van der Waals surface area contributed by atoms with Crippen molar-refractivity contribution in [2.24, 2.45) is 10.7 Å². The highest BCUT2D eigenvalue weighted by Gasteiger charge is 2.18. The van der Waals surface area contributed by atoms with Crippen LogP contribution in [-0.2, 0) is 6.42 Å². The van der Waals surface area contributed by atoms with Gasteiger partial charge in [0.05, 0.1) is 6.54 Å². The highest BCUT2D eigenvalue weighted by Crippen LogP contribution is 2.16. The SMILES string of the molecule is Cc1noc(CCN=C(N)N2CCN(c3ccc(F)cc3)CC2)n1.I. The minimum absolute atomic E-state index is 0. The molecule has 2 N–H and O–H groups in total. The Labute approximate surface area is 163 Å². The van der Waals surface area contributed by atoms with Gasteiger partial charge in [-0.3, -0.25) is 4.99 Å². The van der Waals surface area contributed by atoms with Crippen molar-refractivity contribution in [3.8, 4) is 0 Å². The van der Waals surface area contributed by atoms with Crippen LogP contribution >= 0.6 is 24.0 Å². The number of aryl methyl sites for hydroxylation is 1. The van der Waals surface area contributed by atoms with Crippen LogP contribution in [-0.4, -0.2) is 53.7 Å². The second-order valence-corrected chi connectivity index (χ2v) is 5.68. The van der Waals surface area contributed by atoms with Crippen molar-refractivity contribution in [1.29, 1.82) is 0 Å². The fourth-order valence-corrected chi connectivity index (χ4v) is 2.65. The van der Waals surface area contributed by atoms with Gasteiger partial charge in [-0.15, -0.1) is 24.0 Å². The van der Waals surface area contributed by atoms with Gasteiger partial charge in [0.25, 0.3) is 0 Å². The Bertz CT molecular complexity index is 697. The van der Waals surface area contributed by atoms with E-state index >= 15 is 0 Å². The number of halogens is 2. The lowest BCUT2D eigenvalue weighted by atomic mass is 10.2. The molecule has 3 rings (SSSR count). The number of nitrogens with zero attached hydrogens (tertiary/aromatic N) is 5. The fraction of sp³-hybridized carbons (Fsp3) is 0.438. The molecule has 0 amide bonds. The van der Waals surface area contributed by atoms with Crippen LogP contribution in [0.3, 0.4) is 0 Å². The molecule has 9 heteroatoms. The maximum atomic E-state index is 13.0. The molecule has 0 radical (unpaired) electrons. The molecule has 1 aromatic heterocycles. The summed E-state index contributed by atoms with van der Waals surface area (Å²) < 4.78 is 18.0. The van der Waals surface area contributed by atoms with Crippen molar-refractivity contribution in [2.75, 3.05) is 37.6 Å². The molecule has 1 aromatic carbocycles. The summed E-state index contributed by atoms with van der Waals surface area (Å²) in [5.74, 6) is 1.51. The Hall–Kier alpha value is -1.91. The standard InChI is InChI=1S/C16H21FN6O.HI/c1-12-20-15(24-21-12)6-7-19-16(18)23-10-8-22(9-11-23)14-4-2-13(17)3-5-14;/h2-5H,6-11H2,1H3,(H2,18,19);1H. The number of hydrogen-bond donors (Lipinski definition) is 1. The van der Waals surface area contributed by atoms with E-state index < -0.39 is 0 Å². The van der Waals surface area contributed by atoms with E-state index in [0.717, 1.165) is 31.9 Å². The monoisotopic (exact) mass is 460 g/mol. The Morgan fingerprint density at radius 1 is 1.24 bits per heavy atom. The van der Waals surface area contributed by atoms with Crippen LogP contribution in [0.2, 0.25) is 0 Å². The number of benzene rings is 1. The van der Waals surface area contributed by atoms with E-state index in [2.05, 4.69) is 24.9 Å². The first-order chi connectivity index (χ1) is 11.6. The van der Waals surface area contributed by atoms with Crippen LogP contribution in [0.1, 0.15) is 11.7 Å². The summed E-state index contributed by atoms with van der Waals surface area (Å²) in [5, 5.41) is 3.74. The van der Waals surface area contributed by atoms with Gasteiger partial charge in [0.15, 0.2) is 11.8 Å². The molecule has 1 fully saturated rings. The van der Waals surface area contributed by atoms with Gasteiger partial charge in [0.2, 0.25) is 5.89 Å². The predicted octanol–water partition coefficient (Wildman–Crippen LogP) is 1.81. The minimum atomic E-state index is -0.217. The van der Waals surface area contributed by atoms with Crippen LogP contribution in [0.25, 0.3) is 0 Å². The van der Waals surface area contributed by atoms with E-state index in [4.69, 9.17) is 10.3 Å². The predicted molar refractivity (Wildman–Crippen MR) is 105 cm³/mol. The number of rotatable bonds is 4. The number of piperazine rings is 1. The van der Waals surface area contributed by atoms with E-state index in [-0.39, 0.29) is 29.8 Å². The summed E-state index contributed by atoms with van der Waals surface area (Å²) in [7, 11) is 0. The average molecular weight is 460 g/mol. The zero-order chi connectivity index (χ0) is 16.9. The number of anilines is 1. The lowest BCUT2D eigenvalue weighted by Gasteiger charge is -2.36. The van der Waals surface area contributed by atoms with Crippen LogP contribution < -0.4 is 10.6 Å². The molecule has 0 bridgehead atoms. The molecular formula is C16H22FIN6O. The molecule has 0 unspecified atom stereocenters. The average Bonchev–Trinajstić information content (AvgIpc) is 3.01. The largest absolute Gasteiger partial charge is 0.370 e. The van der Waals surface area contributed by atoms with Gasteiger partial charge in [0, 0.05) is 38.3 Å².